The Balaban J connectivity index is 0.00000243. The highest BCUT2D eigenvalue weighted by molar-refractivity contribution is 14.0. The molecule has 26 heavy (non-hydrogen) atoms. The van der Waals surface area contributed by atoms with Gasteiger partial charge in [-0.2, -0.15) is 0 Å². The van der Waals surface area contributed by atoms with Crippen molar-refractivity contribution in [2.75, 3.05) is 6.54 Å². The largest absolute Gasteiger partial charge is 0.459 e. The number of hydrogen-bond donors (Lipinski definition) is 2. The van der Waals surface area contributed by atoms with Crippen LogP contribution in [0, 0.1) is 19.7 Å². The van der Waals surface area contributed by atoms with Crippen molar-refractivity contribution >= 4 is 52.2 Å². The lowest BCUT2D eigenvalue weighted by Crippen LogP contribution is -2.36. The summed E-state index contributed by atoms with van der Waals surface area (Å²) in [6.07, 6.45) is 1.86. The molecule has 0 saturated carbocycles. The van der Waals surface area contributed by atoms with Crippen LogP contribution in [0.4, 0.5) is 4.39 Å². The minimum atomic E-state index is -0.264. The second-order valence-corrected chi connectivity index (χ2v) is 7.02. The second kappa shape index (κ2) is 9.31. The molecule has 3 aromatic rings. The first kappa shape index (κ1) is 20.6. The Hall–Kier alpha value is -1.68. The first-order valence-electron chi connectivity index (χ1n) is 8.18. The van der Waals surface area contributed by atoms with E-state index in [1.165, 1.54) is 17.0 Å². The molecular weight excluding hydrogens is 466 g/mol. The van der Waals surface area contributed by atoms with E-state index in [2.05, 4.69) is 20.6 Å². The zero-order valence-corrected chi connectivity index (χ0v) is 18.1. The van der Waals surface area contributed by atoms with Gasteiger partial charge >= 0.3 is 0 Å². The zero-order valence-electron chi connectivity index (χ0n) is 14.9. The molecule has 0 unspecified atom stereocenters. The molecule has 0 fully saturated rings. The van der Waals surface area contributed by atoms with Gasteiger partial charge in [-0.25, -0.2) is 14.4 Å². The van der Waals surface area contributed by atoms with E-state index in [9.17, 15) is 4.39 Å². The number of rotatable bonds is 5. The molecule has 0 spiro atoms. The normalized spacial score (nSPS) is 11.5. The minimum absolute atomic E-state index is 0. The lowest BCUT2D eigenvalue weighted by atomic mass is 10.1. The van der Waals surface area contributed by atoms with Gasteiger partial charge < -0.3 is 15.1 Å². The van der Waals surface area contributed by atoms with Gasteiger partial charge in [0.2, 0.25) is 0 Å². The summed E-state index contributed by atoms with van der Waals surface area (Å²) < 4.78 is 19.2. The number of halogens is 2. The number of furan rings is 1. The topological polar surface area (TPSA) is 62.5 Å². The molecule has 8 heteroatoms. The summed E-state index contributed by atoms with van der Waals surface area (Å²) in [5.41, 5.74) is 1.60. The number of aliphatic imine (C=N–C) groups is 1. The molecule has 140 valence electrons. The van der Waals surface area contributed by atoms with Crippen LogP contribution in [0.2, 0.25) is 0 Å². The fourth-order valence-corrected chi connectivity index (χ4v) is 3.26. The van der Waals surface area contributed by atoms with Crippen LogP contribution in [0.15, 0.2) is 33.8 Å². The molecule has 3 rings (SSSR count). The second-order valence-electron chi connectivity index (χ2n) is 5.70. The highest BCUT2D eigenvalue weighted by Gasteiger charge is 2.11. The number of nitrogens with one attached hydrogen (secondary N) is 2. The maximum absolute atomic E-state index is 13.4. The monoisotopic (exact) mass is 488 g/mol. The van der Waals surface area contributed by atoms with Crippen LogP contribution in [0.1, 0.15) is 28.1 Å². The first-order chi connectivity index (χ1) is 12.1. The summed E-state index contributed by atoms with van der Waals surface area (Å²) in [7, 11) is 0. The third kappa shape index (κ3) is 4.94. The zero-order chi connectivity index (χ0) is 17.8. The number of guanidine groups is 1. The van der Waals surface area contributed by atoms with Gasteiger partial charge in [0.25, 0.3) is 0 Å². The highest BCUT2D eigenvalue weighted by atomic mass is 127. The summed E-state index contributed by atoms with van der Waals surface area (Å²) in [5.74, 6) is 1.17. The van der Waals surface area contributed by atoms with E-state index < -0.39 is 0 Å². The van der Waals surface area contributed by atoms with Gasteiger partial charge in [-0.1, -0.05) is 0 Å². The number of thiazole rings is 1. The number of nitrogens with zero attached hydrogens (tertiary/aromatic N) is 2. The third-order valence-electron chi connectivity index (χ3n) is 3.80. The summed E-state index contributed by atoms with van der Waals surface area (Å²) in [4.78, 5) is 10.1. The van der Waals surface area contributed by atoms with Gasteiger partial charge in [0, 0.05) is 28.6 Å². The molecule has 5 nitrogen and oxygen atoms in total. The van der Waals surface area contributed by atoms with Crippen molar-refractivity contribution in [2.24, 2.45) is 4.99 Å². The van der Waals surface area contributed by atoms with E-state index in [0.29, 0.717) is 24.6 Å². The lowest BCUT2D eigenvalue weighted by Gasteiger charge is -2.09. The van der Waals surface area contributed by atoms with E-state index in [4.69, 9.17) is 4.42 Å². The summed E-state index contributed by atoms with van der Waals surface area (Å²) >= 11 is 1.66. The smallest absolute Gasteiger partial charge is 0.192 e. The Kier molecular flexibility index (Phi) is 7.39. The van der Waals surface area contributed by atoms with Crippen LogP contribution in [-0.4, -0.2) is 17.5 Å². The van der Waals surface area contributed by atoms with Gasteiger partial charge in [0.15, 0.2) is 5.96 Å². The van der Waals surface area contributed by atoms with Crippen LogP contribution in [-0.2, 0) is 13.1 Å². The van der Waals surface area contributed by atoms with E-state index in [-0.39, 0.29) is 29.8 Å². The molecule has 0 aliphatic rings. The summed E-state index contributed by atoms with van der Waals surface area (Å²) in [5, 5.41) is 8.28. The molecule has 0 aliphatic carbocycles. The minimum Gasteiger partial charge on any atom is -0.459 e. The van der Waals surface area contributed by atoms with Crippen molar-refractivity contribution in [3.63, 3.8) is 0 Å². The molecule has 1 aromatic carbocycles. The maximum atomic E-state index is 13.4. The van der Waals surface area contributed by atoms with Crippen molar-refractivity contribution in [1.82, 2.24) is 15.6 Å². The van der Waals surface area contributed by atoms with E-state index in [0.717, 1.165) is 28.3 Å². The van der Waals surface area contributed by atoms with Crippen LogP contribution < -0.4 is 10.6 Å². The number of aryl methyl sites for hydroxylation is 2. The Morgan fingerprint density at radius 2 is 2.12 bits per heavy atom. The van der Waals surface area contributed by atoms with Crippen molar-refractivity contribution in [3.8, 4) is 0 Å². The first-order valence-corrected chi connectivity index (χ1v) is 8.99. The molecule has 0 saturated heterocycles. The number of hydrogen-bond acceptors (Lipinski definition) is 4. The van der Waals surface area contributed by atoms with Crippen molar-refractivity contribution in [2.45, 2.75) is 33.9 Å². The molecule has 0 atom stereocenters. The fourth-order valence-electron chi connectivity index (χ4n) is 2.53. The van der Waals surface area contributed by atoms with Gasteiger partial charge in [-0.3, -0.25) is 0 Å². The molecule has 2 aromatic heterocycles. The SMILES string of the molecule is CCNC(=NCc1oc2ccc(F)cc2c1C)NCc1ncc(C)s1.I. The van der Waals surface area contributed by atoms with Crippen LogP contribution >= 0.6 is 35.3 Å². The van der Waals surface area contributed by atoms with Crippen LogP contribution in [0.5, 0.6) is 0 Å². The van der Waals surface area contributed by atoms with E-state index >= 15 is 0 Å². The van der Waals surface area contributed by atoms with Gasteiger partial charge in [0.1, 0.15) is 28.7 Å². The van der Waals surface area contributed by atoms with Crippen molar-refractivity contribution in [3.05, 3.63) is 51.4 Å². The fraction of sp³-hybridized carbons (Fsp3) is 0.333. The maximum Gasteiger partial charge on any atom is 0.192 e. The third-order valence-corrected chi connectivity index (χ3v) is 4.71. The molecular formula is C18H22FIN4OS. The Labute approximate surface area is 173 Å². The van der Waals surface area contributed by atoms with Gasteiger partial charge in [-0.05, 0) is 39.0 Å². The van der Waals surface area contributed by atoms with Crippen molar-refractivity contribution in [1.29, 1.82) is 0 Å². The Bertz CT molecular complexity index is 906. The Morgan fingerprint density at radius 1 is 1.31 bits per heavy atom. The number of fused-ring (bicyclic) bond motifs is 1. The molecule has 0 bridgehead atoms. The summed E-state index contributed by atoms with van der Waals surface area (Å²) in [6.45, 7) is 7.73. The van der Waals surface area contributed by atoms with Crippen LogP contribution in [0.25, 0.3) is 11.0 Å². The van der Waals surface area contributed by atoms with E-state index in [1.54, 1.807) is 17.4 Å². The average molecular weight is 488 g/mol. The number of benzene rings is 1. The average Bonchev–Trinajstić information content (AvgIpc) is 3.14. The molecule has 0 amide bonds. The molecule has 0 radical (unpaired) electrons. The number of aromatic nitrogens is 1. The van der Waals surface area contributed by atoms with Crippen LogP contribution in [0.3, 0.4) is 0 Å². The summed E-state index contributed by atoms with van der Waals surface area (Å²) in [6, 6.07) is 4.55. The Morgan fingerprint density at radius 3 is 2.81 bits per heavy atom. The molecule has 2 heterocycles. The van der Waals surface area contributed by atoms with Gasteiger partial charge in [0.05, 0.1) is 6.54 Å². The van der Waals surface area contributed by atoms with Gasteiger partial charge in [-0.15, -0.1) is 35.3 Å². The molecule has 0 aliphatic heterocycles. The molecule has 2 N–H and O–H groups in total. The lowest BCUT2D eigenvalue weighted by molar-refractivity contribution is 0.547. The quantitative estimate of drug-likeness (QED) is 0.315. The standard InChI is InChI=1S/C18H21FN4OS.HI/c1-4-20-18(23-10-17-21-8-11(2)25-17)22-9-16-12(3)14-7-13(19)5-6-15(14)24-16;/h5-8H,4,9-10H2,1-3H3,(H2,20,22,23);1H. The predicted molar refractivity (Wildman–Crippen MR) is 115 cm³/mol. The predicted octanol–water partition coefficient (Wildman–Crippen LogP) is 4.52. The van der Waals surface area contributed by atoms with E-state index in [1.807, 2.05) is 27.0 Å². The van der Waals surface area contributed by atoms with Crippen molar-refractivity contribution < 1.29 is 8.81 Å². The highest BCUT2D eigenvalue weighted by Crippen LogP contribution is 2.26.